The lowest BCUT2D eigenvalue weighted by Gasteiger charge is -2.29. The summed E-state index contributed by atoms with van der Waals surface area (Å²) >= 11 is 0. The van der Waals surface area contributed by atoms with E-state index in [4.69, 9.17) is 0 Å². The molecule has 0 aromatic heterocycles. The van der Waals surface area contributed by atoms with Crippen molar-refractivity contribution >= 4 is 0 Å². The summed E-state index contributed by atoms with van der Waals surface area (Å²) in [6, 6.07) is 0.694. The topological polar surface area (TPSA) is 24.1 Å². The number of hydrogen-bond donors (Lipinski definition) is 2. The first kappa shape index (κ1) is 12.0. The molecule has 1 heterocycles. The van der Waals surface area contributed by atoms with E-state index in [2.05, 4.69) is 38.3 Å². The highest BCUT2D eigenvalue weighted by molar-refractivity contribution is 4.85. The van der Waals surface area contributed by atoms with E-state index < -0.39 is 0 Å². The third kappa shape index (κ3) is 3.58. The van der Waals surface area contributed by atoms with Crippen LogP contribution in [0.5, 0.6) is 0 Å². The van der Waals surface area contributed by atoms with Crippen molar-refractivity contribution in [2.24, 2.45) is 11.3 Å². The summed E-state index contributed by atoms with van der Waals surface area (Å²) in [5.74, 6) is 0.805. The molecule has 1 rings (SSSR count). The predicted octanol–water partition coefficient (Wildman–Crippen LogP) is 2.36. The number of nitrogens with one attached hydrogen (secondary N) is 2. The molecule has 2 heteroatoms. The molecule has 0 spiro atoms. The van der Waals surface area contributed by atoms with Crippen LogP contribution in [0, 0.1) is 11.3 Å². The Morgan fingerprint density at radius 3 is 2.79 bits per heavy atom. The van der Waals surface area contributed by atoms with Gasteiger partial charge >= 0.3 is 0 Å². The van der Waals surface area contributed by atoms with Crippen molar-refractivity contribution in [1.82, 2.24) is 10.6 Å². The Kier molecular flexibility index (Phi) is 4.39. The fraction of sp³-hybridized carbons (Fsp3) is 1.00. The van der Waals surface area contributed by atoms with Crippen LogP contribution in [0.2, 0.25) is 0 Å². The largest absolute Gasteiger partial charge is 0.304 e. The molecule has 2 N–H and O–H groups in total. The van der Waals surface area contributed by atoms with Gasteiger partial charge in [0.2, 0.25) is 0 Å². The Morgan fingerprint density at radius 1 is 1.43 bits per heavy atom. The zero-order valence-corrected chi connectivity index (χ0v) is 10.2. The molecule has 0 amide bonds. The molecule has 0 aliphatic carbocycles. The van der Waals surface area contributed by atoms with Gasteiger partial charge in [-0.1, -0.05) is 34.1 Å². The molecule has 2 unspecified atom stereocenters. The van der Waals surface area contributed by atoms with Gasteiger partial charge in [-0.3, -0.25) is 0 Å². The first-order valence-electron chi connectivity index (χ1n) is 5.99. The van der Waals surface area contributed by atoms with Gasteiger partial charge in [0.1, 0.15) is 0 Å². The van der Waals surface area contributed by atoms with E-state index in [0.717, 1.165) is 19.1 Å². The minimum absolute atomic E-state index is 0.441. The summed E-state index contributed by atoms with van der Waals surface area (Å²) < 4.78 is 0. The molecule has 0 bridgehead atoms. The maximum Gasteiger partial charge on any atom is 0.0456 e. The normalized spacial score (nSPS) is 29.6. The van der Waals surface area contributed by atoms with Crippen molar-refractivity contribution in [3.63, 3.8) is 0 Å². The molecule has 2 atom stereocenters. The van der Waals surface area contributed by atoms with Crippen molar-refractivity contribution in [2.75, 3.05) is 13.2 Å². The van der Waals surface area contributed by atoms with Crippen LogP contribution in [-0.4, -0.2) is 19.3 Å². The highest BCUT2D eigenvalue weighted by atomic mass is 15.1. The van der Waals surface area contributed by atoms with Gasteiger partial charge in [0.15, 0.2) is 0 Å². The zero-order chi connectivity index (χ0) is 10.6. The molecule has 1 fully saturated rings. The van der Waals surface area contributed by atoms with E-state index in [1.165, 1.54) is 19.3 Å². The molecule has 0 aromatic carbocycles. The smallest absolute Gasteiger partial charge is 0.0456 e. The first-order valence-corrected chi connectivity index (χ1v) is 5.99. The standard InChI is InChI=1S/C12H26N2/c1-5-6-10(2)11-7-12(3,4)8-13-9-14-11/h10-11,13-14H,5-9H2,1-4H3. The predicted molar refractivity (Wildman–Crippen MR) is 62.3 cm³/mol. The third-order valence-corrected chi connectivity index (χ3v) is 3.30. The average Bonchev–Trinajstić information content (AvgIpc) is 2.27. The Balaban J connectivity index is 2.50. The highest BCUT2D eigenvalue weighted by Crippen LogP contribution is 2.27. The second-order valence-electron chi connectivity index (χ2n) is 5.55. The fourth-order valence-corrected chi connectivity index (χ4v) is 2.40. The van der Waals surface area contributed by atoms with Crippen LogP contribution in [-0.2, 0) is 0 Å². The van der Waals surface area contributed by atoms with Crippen molar-refractivity contribution in [2.45, 2.75) is 53.0 Å². The SMILES string of the molecule is CCCC(C)C1CC(C)(C)CNCN1. The molecule has 0 radical (unpaired) electrons. The lowest BCUT2D eigenvalue weighted by molar-refractivity contribution is 0.260. The Hall–Kier alpha value is -0.0800. The average molecular weight is 198 g/mol. The monoisotopic (exact) mass is 198 g/mol. The van der Waals surface area contributed by atoms with Crippen LogP contribution >= 0.6 is 0 Å². The summed E-state index contributed by atoms with van der Waals surface area (Å²) in [6.07, 6.45) is 3.93. The lowest BCUT2D eigenvalue weighted by Crippen LogP contribution is -2.38. The molecule has 2 nitrogen and oxygen atoms in total. The molecular formula is C12H26N2. The van der Waals surface area contributed by atoms with Gasteiger partial charge in [-0.15, -0.1) is 0 Å². The summed E-state index contributed by atoms with van der Waals surface area (Å²) in [4.78, 5) is 0. The van der Waals surface area contributed by atoms with Gasteiger partial charge in [-0.25, -0.2) is 0 Å². The molecule has 84 valence electrons. The van der Waals surface area contributed by atoms with Gasteiger partial charge in [0.05, 0.1) is 0 Å². The first-order chi connectivity index (χ1) is 6.55. The summed E-state index contributed by atoms with van der Waals surface area (Å²) in [5, 5.41) is 7.06. The van der Waals surface area contributed by atoms with Crippen LogP contribution < -0.4 is 10.6 Å². The van der Waals surface area contributed by atoms with Crippen LogP contribution in [0.15, 0.2) is 0 Å². The van der Waals surface area contributed by atoms with Crippen LogP contribution in [0.1, 0.15) is 47.0 Å². The molecule has 0 aromatic rings. The van der Waals surface area contributed by atoms with E-state index >= 15 is 0 Å². The van der Waals surface area contributed by atoms with Crippen molar-refractivity contribution in [1.29, 1.82) is 0 Å². The summed E-state index contributed by atoms with van der Waals surface area (Å²) in [5.41, 5.74) is 0.441. The van der Waals surface area contributed by atoms with E-state index in [-0.39, 0.29) is 0 Å². The number of hydrogen-bond acceptors (Lipinski definition) is 2. The van der Waals surface area contributed by atoms with Gasteiger partial charge in [-0.05, 0) is 24.2 Å². The van der Waals surface area contributed by atoms with Gasteiger partial charge in [0.25, 0.3) is 0 Å². The molecule has 0 saturated carbocycles. The van der Waals surface area contributed by atoms with Gasteiger partial charge in [0, 0.05) is 19.3 Å². The second-order valence-corrected chi connectivity index (χ2v) is 5.55. The quantitative estimate of drug-likeness (QED) is 0.727. The Morgan fingerprint density at radius 2 is 2.14 bits per heavy atom. The third-order valence-electron chi connectivity index (χ3n) is 3.30. The van der Waals surface area contributed by atoms with Crippen LogP contribution in [0.4, 0.5) is 0 Å². The molecule has 14 heavy (non-hydrogen) atoms. The summed E-state index contributed by atoms with van der Waals surface area (Å²) in [7, 11) is 0. The fourth-order valence-electron chi connectivity index (χ4n) is 2.40. The van der Waals surface area contributed by atoms with Crippen molar-refractivity contribution in [3.8, 4) is 0 Å². The van der Waals surface area contributed by atoms with E-state index in [9.17, 15) is 0 Å². The van der Waals surface area contributed by atoms with E-state index in [1.807, 2.05) is 0 Å². The molecular weight excluding hydrogens is 172 g/mol. The maximum absolute atomic E-state index is 3.61. The minimum Gasteiger partial charge on any atom is -0.304 e. The van der Waals surface area contributed by atoms with Gasteiger partial charge < -0.3 is 10.6 Å². The molecule has 1 saturated heterocycles. The summed E-state index contributed by atoms with van der Waals surface area (Å²) in [6.45, 7) is 11.5. The highest BCUT2D eigenvalue weighted by Gasteiger charge is 2.28. The van der Waals surface area contributed by atoms with E-state index in [1.54, 1.807) is 0 Å². The molecule has 1 aliphatic heterocycles. The zero-order valence-electron chi connectivity index (χ0n) is 10.2. The van der Waals surface area contributed by atoms with Crippen LogP contribution in [0.25, 0.3) is 0 Å². The van der Waals surface area contributed by atoms with Crippen molar-refractivity contribution < 1.29 is 0 Å². The van der Waals surface area contributed by atoms with E-state index in [0.29, 0.717) is 11.5 Å². The van der Waals surface area contributed by atoms with Crippen LogP contribution in [0.3, 0.4) is 0 Å². The molecule has 1 aliphatic rings. The lowest BCUT2D eigenvalue weighted by atomic mass is 9.81. The van der Waals surface area contributed by atoms with Gasteiger partial charge in [-0.2, -0.15) is 0 Å². The number of rotatable bonds is 3. The Bertz CT molecular complexity index is 166. The minimum atomic E-state index is 0.441. The van der Waals surface area contributed by atoms with Crippen molar-refractivity contribution in [3.05, 3.63) is 0 Å². The second kappa shape index (κ2) is 5.13. The maximum atomic E-state index is 3.61. The Labute approximate surface area is 88.8 Å².